The van der Waals surface area contributed by atoms with Gasteiger partial charge in [0.2, 0.25) is 5.91 Å². The second-order valence-corrected chi connectivity index (χ2v) is 9.49. The fraction of sp³-hybridized carbons (Fsp3) is 0.261. The van der Waals surface area contributed by atoms with Crippen LogP contribution in [0.3, 0.4) is 0 Å². The smallest absolute Gasteiger partial charge is 0.238 e. The topological polar surface area (TPSA) is 112 Å². The number of allylic oxidation sites excluding steroid dienone is 2. The first-order chi connectivity index (χ1) is 15.9. The number of fused-ring (bicyclic) bond motifs is 2. The van der Waals surface area contributed by atoms with Crippen molar-refractivity contribution < 1.29 is 15.0 Å². The van der Waals surface area contributed by atoms with Crippen molar-refractivity contribution in [1.82, 2.24) is 19.9 Å². The van der Waals surface area contributed by atoms with Crippen molar-refractivity contribution >= 4 is 45.7 Å². The van der Waals surface area contributed by atoms with Crippen LogP contribution >= 0.6 is 22.9 Å². The lowest BCUT2D eigenvalue weighted by molar-refractivity contribution is -0.130. The predicted octanol–water partition coefficient (Wildman–Crippen LogP) is 3.78. The number of imidazole rings is 1. The summed E-state index contributed by atoms with van der Waals surface area (Å²) in [6.45, 7) is 2.64. The van der Waals surface area contributed by atoms with Crippen molar-refractivity contribution in [1.29, 1.82) is 0 Å². The molecule has 0 unspecified atom stereocenters. The first kappa shape index (κ1) is 21.4. The average molecular weight is 482 g/mol. The molecular weight excluding hydrogens is 462 g/mol. The van der Waals surface area contributed by atoms with Crippen LogP contribution in [-0.4, -0.2) is 44.2 Å². The predicted molar refractivity (Wildman–Crippen MR) is 127 cm³/mol. The van der Waals surface area contributed by atoms with Crippen molar-refractivity contribution in [3.63, 3.8) is 0 Å². The molecule has 2 aliphatic carbocycles. The molecule has 33 heavy (non-hydrogen) atoms. The fourth-order valence-corrected chi connectivity index (χ4v) is 5.36. The van der Waals surface area contributed by atoms with Crippen molar-refractivity contribution in [2.45, 2.75) is 13.0 Å². The molecule has 168 valence electrons. The number of aliphatic hydroxyl groups is 2. The summed E-state index contributed by atoms with van der Waals surface area (Å²) < 4.78 is 2.35. The van der Waals surface area contributed by atoms with Crippen LogP contribution < -0.4 is 10.6 Å². The van der Waals surface area contributed by atoms with Gasteiger partial charge in [0.15, 0.2) is 17.2 Å². The van der Waals surface area contributed by atoms with Crippen LogP contribution in [0, 0.1) is 23.2 Å². The normalized spacial score (nSPS) is 23.1. The van der Waals surface area contributed by atoms with E-state index < -0.39 is 17.4 Å². The Labute approximate surface area is 198 Å². The van der Waals surface area contributed by atoms with Crippen LogP contribution in [0.4, 0.5) is 5.69 Å². The lowest BCUT2D eigenvalue weighted by atomic mass is 9.66. The Morgan fingerprint density at radius 2 is 2.18 bits per heavy atom. The number of anilines is 1. The zero-order valence-corrected chi connectivity index (χ0v) is 19.3. The highest BCUT2D eigenvalue weighted by Crippen LogP contribution is 2.58. The number of halogens is 1. The molecule has 0 radical (unpaired) electrons. The van der Waals surface area contributed by atoms with E-state index >= 15 is 0 Å². The molecule has 0 aromatic carbocycles. The minimum absolute atomic E-state index is 0.274. The zero-order chi connectivity index (χ0) is 23.3. The van der Waals surface area contributed by atoms with Crippen molar-refractivity contribution in [2.24, 2.45) is 11.3 Å². The molecule has 10 heteroatoms. The largest absolute Gasteiger partial charge is 0.507 e. The first-order valence-corrected chi connectivity index (χ1v) is 11.5. The van der Waals surface area contributed by atoms with Crippen LogP contribution in [0.25, 0.3) is 11.2 Å². The van der Waals surface area contributed by atoms with E-state index in [0.717, 1.165) is 10.6 Å². The summed E-state index contributed by atoms with van der Waals surface area (Å²) in [6, 6.07) is 4.74. The van der Waals surface area contributed by atoms with Gasteiger partial charge in [-0.15, -0.1) is 11.3 Å². The Morgan fingerprint density at radius 1 is 1.36 bits per heavy atom. The van der Waals surface area contributed by atoms with E-state index in [0.29, 0.717) is 27.7 Å². The fourth-order valence-electron chi connectivity index (χ4n) is 4.47. The average Bonchev–Trinajstić information content (AvgIpc) is 3.43. The van der Waals surface area contributed by atoms with Gasteiger partial charge in [-0.1, -0.05) is 23.8 Å². The molecule has 0 saturated carbocycles. The van der Waals surface area contributed by atoms with Gasteiger partial charge in [-0.05, 0) is 37.0 Å². The molecule has 2 aliphatic rings. The van der Waals surface area contributed by atoms with Gasteiger partial charge >= 0.3 is 0 Å². The van der Waals surface area contributed by atoms with E-state index in [1.807, 2.05) is 19.1 Å². The summed E-state index contributed by atoms with van der Waals surface area (Å²) in [5.74, 6) is 4.67. The third kappa shape index (κ3) is 3.09. The number of pyridine rings is 1. The van der Waals surface area contributed by atoms with E-state index in [9.17, 15) is 15.0 Å². The number of thiophene rings is 1. The maximum Gasteiger partial charge on any atom is 0.238 e. The number of aromatic nitrogens is 3. The minimum atomic E-state index is -1.29. The number of nitrogens with zero attached hydrogens (tertiary/aromatic N) is 3. The van der Waals surface area contributed by atoms with E-state index in [-0.39, 0.29) is 17.4 Å². The number of hydrogen-bond acceptors (Lipinski definition) is 7. The molecule has 3 heterocycles. The Kier molecular flexibility index (Phi) is 5.07. The summed E-state index contributed by atoms with van der Waals surface area (Å²) in [6.07, 6.45) is 4.98. The quantitative estimate of drug-likeness (QED) is 0.333. The van der Waals surface area contributed by atoms with E-state index in [4.69, 9.17) is 16.6 Å². The Hall–Kier alpha value is -3.48. The molecule has 5 rings (SSSR count). The van der Waals surface area contributed by atoms with Gasteiger partial charge in [0.05, 0.1) is 21.2 Å². The molecule has 0 spiro atoms. The lowest BCUT2D eigenvalue weighted by Gasteiger charge is -2.38. The summed E-state index contributed by atoms with van der Waals surface area (Å²) in [5, 5.41) is 27.4. The molecule has 0 bridgehead atoms. The standard InChI is InChI=1S/C23H20ClN5O3S/c1-3-26-15-10-12(4-5-13-6-7-16(24)33-13)28-21-17(15)27-11-29(21)18-14-8-9-23(14,22(32)25-2)20(31)19(18)30/h6-11,14,18,30-31H,3H2,1-2H3,(H,25,32)(H,26,28)/t14-,18-,23+/m1/s1. The van der Waals surface area contributed by atoms with Gasteiger partial charge in [-0.2, -0.15) is 0 Å². The van der Waals surface area contributed by atoms with Crippen LogP contribution in [0.15, 0.2) is 48.2 Å². The lowest BCUT2D eigenvalue weighted by Crippen LogP contribution is -2.47. The van der Waals surface area contributed by atoms with Gasteiger partial charge in [0.25, 0.3) is 0 Å². The third-order valence-corrected chi connectivity index (χ3v) is 7.18. The highest BCUT2D eigenvalue weighted by Gasteiger charge is 2.62. The zero-order valence-electron chi connectivity index (χ0n) is 17.8. The highest BCUT2D eigenvalue weighted by molar-refractivity contribution is 7.16. The SMILES string of the molecule is CCNc1cc(C#Cc2ccc(Cl)s2)nc2c1ncn2[C@H]1C(O)=C(O)[C@]2(C(=O)NC)C=C[C@H]12. The van der Waals surface area contributed by atoms with Crippen molar-refractivity contribution in [3.05, 3.63) is 63.1 Å². The summed E-state index contributed by atoms with van der Waals surface area (Å²) >= 11 is 7.38. The molecule has 1 amide bonds. The second kappa shape index (κ2) is 7.83. The maximum atomic E-state index is 12.6. The van der Waals surface area contributed by atoms with Crippen molar-refractivity contribution in [2.75, 3.05) is 18.9 Å². The number of nitrogens with one attached hydrogen (secondary N) is 2. The molecule has 0 aliphatic heterocycles. The van der Waals surface area contributed by atoms with Crippen LogP contribution in [0.1, 0.15) is 23.5 Å². The molecule has 0 fully saturated rings. The molecular formula is C23H20ClN5O3S. The number of carbonyl (C=O) groups is 1. The number of amides is 1. The van der Waals surface area contributed by atoms with Gasteiger partial charge in [-0.3, -0.25) is 4.79 Å². The van der Waals surface area contributed by atoms with Crippen molar-refractivity contribution in [3.8, 4) is 11.8 Å². The minimum Gasteiger partial charge on any atom is -0.507 e. The van der Waals surface area contributed by atoms with Crippen LogP contribution in [0.2, 0.25) is 4.34 Å². The molecule has 3 atom stereocenters. The highest BCUT2D eigenvalue weighted by atomic mass is 35.5. The van der Waals surface area contributed by atoms with Gasteiger partial charge in [0.1, 0.15) is 22.7 Å². The molecule has 3 aromatic rings. The number of hydrogen-bond donors (Lipinski definition) is 4. The number of rotatable bonds is 4. The van der Waals surface area contributed by atoms with Gasteiger partial charge in [0, 0.05) is 19.5 Å². The van der Waals surface area contributed by atoms with Gasteiger partial charge < -0.3 is 25.4 Å². The molecule has 8 nitrogen and oxygen atoms in total. The number of aliphatic hydroxyl groups excluding tert-OH is 2. The molecule has 3 aromatic heterocycles. The van der Waals surface area contributed by atoms with Gasteiger partial charge in [-0.25, -0.2) is 9.97 Å². The summed E-state index contributed by atoms with van der Waals surface area (Å²) in [4.78, 5) is 22.6. The van der Waals surface area contributed by atoms with E-state index in [2.05, 4.69) is 27.5 Å². The maximum absolute atomic E-state index is 12.6. The third-order valence-electron chi connectivity index (χ3n) is 6.03. The van der Waals surface area contributed by atoms with Crippen LogP contribution in [0.5, 0.6) is 0 Å². The summed E-state index contributed by atoms with van der Waals surface area (Å²) in [5.41, 5.74) is 1.06. The Morgan fingerprint density at radius 3 is 2.82 bits per heavy atom. The first-order valence-electron chi connectivity index (χ1n) is 10.3. The molecule has 4 N–H and O–H groups in total. The Bertz CT molecular complexity index is 1410. The Balaban J connectivity index is 1.63. The van der Waals surface area contributed by atoms with E-state index in [1.165, 1.54) is 18.4 Å². The summed E-state index contributed by atoms with van der Waals surface area (Å²) in [7, 11) is 1.50. The van der Waals surface area contributed by atoms with Crippen LogP contribution in [-0.2, 0) is 4.79 Å². The van der Waals surface area contributed by atoms with E-state index in [1.54, 1.807) is 29.1 Å². The second-order valence-electron chi connectivity index (χ2n) is 7.77. The monoisotopic (exact) mass is 481 g/mol. The molecule has 0 saturated heterocycles. The number of carbonyl (C=O) groups excluding carboxylic acids is 1.